The Labute approximate surface area is 79.7 Å². The second kappa shape index (κ2) is 3.56. The lowest BCUT2D eigenvalue weighted by Gasteiger charge is -2.35. The molecule has 0 bridgehead atoms. The fraction of sp³-hybridized carbons (Fsp3) is 1.00. The lowest BCUT2D eigenvalue weighted by Crippen LogP contribution is -2.46. The van der Waals surface area contributed by atoms with Gasteiger partial charge in [0.2, 0.25) is 0 Å². The molecule has 1 N–H and O–H groups in total. The fourth-order valence-electron chi connectivity index (χ4n) is 1.97. The molecule has 13 heavy (non-hydrogen) atoms. The van der Waals surface area contributed by atoms with Gasteiger partial charge in [-0.05, 0) is 19.8 Å². The highest BCUT2D eigenvalue weighted by Gasteiger charge is 2.44. The molecule has 1 saturated carbocycles. The molecule has 2 aliphatic rings. The van der Waals surface area contributed by atoms with Gasteiger partial charge in [-0.3, -0.25) is 4.90 Å². The van der Waals surface area contributed by atoms with Crippen LogP contribution >= 0.6 is 0 Å². The van der Waals surface area contributed by atoms with Gasteiger partial charge in [0.25, 0.3) is 0 Å². The summed E-state index contributed by atoms with van der Waals surface area (Å²) in [7, 11) is 0. The maximum Gasteiger partial charge on any atom is 0.0619 e. The number of hydrogen-bond donors (Lipinski definition) is 1. The first-order chi connectivity index (χ1) is 6.26. The summed E-state index contributed by atoms with van der Waals surface area (Å²) in [5.74, 6) is 0. The Morgan fingerprint density at radius 1 is 1.54 bits per heavy atom. The van der Waals surface area contributed by atoms with E-state index in [0.29, 0.717) is 12.6 Å². The minimum Gasteiger partial charge on any atom is -0.396 e. The van der Waals surface area contributed by atoms with Gasteiger partial charge >= 0.3 is 0 Å². The zero-order valence-corrected chi connectivity index (χ0v) is 8.33. The Hall–Kier alpha value is -0.120. The topological polar surface area (TPSA) is 32.7 Å². The van der Waals surface area contributed by atoms with Crippen LogP contribution in [0.4, 0.5) is 0 Å². The molecule has 0 aromatic heterocycles. The summed E-state index contributed by atoms with van der Waals surface area (Å²) in [4.78, 5) is 2.45. The highest BCUT2D eigenvalue weighted by atomic mass is 16.5. The molecule has 76 valence electrons. The average molecular weight is 185 g/mol. The van der Waals surface area contributed by atoms with Gasteiger partial charge < -0.3 is 9.84 Å². The van der Waals surface area contributed by atoms with Crippen molar-refractivity contribution in [1.82, 2.24) is 4.90 Å². The molecule has 3 heteroatoms. The molecular formula is C10H19NO2. The summed E-state index contributed by atoms with van der Waals surface area (Å²) in [6, 6.07) is 0.526. The first kappa shape index (κ1) is 9.44. The van der Waals surface area contributed by atoms with Crippen molar-refractivity contribution in [3.63, 3.8) is 0 Å². The Bertz CT molecular complexity index is 180. The first-order valence-corrected chi connectivity index (χ1v) is 5.18. The molecule has 1 aliphatic carbocycles. The van der Waals surface area contributed by atoms with Crippen molar-refractivity contribution in [1.29, 1.82) is 0 Å². The summed E-state index contributed by atoms with van der Waals surface area (Å²) in [6.45, 7) is 6.36. The van der Waals surface area contributed by atoms with Gasteiger partial charge in [0.05, 0.1) is 13.2 Å². The summed E-state index contributed by atoms with van der Waals surface area (Å²) >= 11 is 0. The van der Waals surface area contributed by atoms with Crippen LogP contribution in [0.3, 0.4) is 0 Å². The minimum absolute atomic E-state index is 0.256. The highest BCUT2D eigenvalue weighted by Crippen LogP contribution is 2.45. The molecule has 0 spiro atoms. The largest absolute Gasteiger partial charge is 0.396 e. The van der Waals surface area contributed by atoms with Crippen LogP contribution in [-0.2, 0) is 4.74 Å². The van der Waals surface area contributed by atoms with Gasteiger partial charge in [-0.15, -0.1) is 0 Å². The number of aliphatic hydroxyl groups is 1. The lowest BCUT2D eigenvalue weighted by molar-refractivity contribution is -0.0142. The molecule has 1 saturated heterocycles. The number of morpholine rings is 1. The summed E-state index contributed by atoms with van der Waals surface area (Å²) in [5.41, 5.74) is 0.256. The van der Waals surface area contributed by atoms with Crippen LogP contribution in [0.5, 0.6) is 0 Å². The molecule has 0 amide bonds. The van der Waals surface area contributed by atoms with Gasteiger partial charge in [-0.2, -0.15) is 0 Å². The number of nitrogens with zero attached hydrogens (tertiary/aromatic N) is 1. The predicted molar refractivity (Wildman–Crippen MR) is 50.6 cm³/mol. The van der Waals surface area contributed by atoms with E-state index >= 15 is 0 Å². The summed E-state index contributed by atoms with van der Waals surface area (Å²) in [5, 5.41) is 9.22. The van der Waals surface area contributed by atoms with Gasteiger partial charge in [0, 0.05) is 31.2 Å². The third-order valence-corrected chi connectivity index (χ3v) is 3.34. The molecule has 3 nitrogen and oxygen atoms in total. The number of rotatable bonds is 3. The van der Waals surface area contributed by atoms with Crippen molar-refractivity contribution in [3.8, 4) is 0 Å². The van der Waals surface area contributed by atoms with E-state index in [9.17, 15) is 5.11 Å². The molecule has 0 aromatic rings. The molecule has 2 fully saturated rings. The zero-order valence-electron chi connectivity index (χ0n) is 8.33. The van der Waals surface area contributed by atoms with Crippen LogP contribution < -0.4 is 0 Å². The van der Waals surface area contributed by atoms with Crippen molar-refractivity contribution in [2.24, 2.45) is 5.41 Å². The van der Waals surface area contributed by atoms with Crippen molar-refractivity contribution in [3.05, 3.63) is 0 Å². The molecule has 1 aliphatic heterocycles. The lowest BCUT2D eigenvalue weighted by atomic mass is 10.1. The normalized spacial score (nSPS) is 33.2. The Morgan fingerprint density at radius 3 is 2.85 bits per heavy atom. The third-order valence-electron chi connectivity index (χ3n) is 3.34. The van der Waals surface area contributed by atoms with E-state index in [4.69, 9.17) is 4.74 Å². The predicted octanol–water partition coefficient (Wildman–Crippen LogP) is 0.480. The third kappa shape index (κ3) is 2.03. The van der Waals surface area contributed by atoms with Gasteiger partial charge in [-0.1, -0.05) is 0 Å². The van der Waals surface area contributed by atoms with Gasteiger partial charge in [0.1, 0.15) is 0 Å². The van der Waals surface area contributed by atoms with Crippen LogP contribution in [-0.4, -0.2) is 49.0 Å². The number of aliphatic hydroxyl groups excluding tert-OH is 1. The first-order valence-electron chi connectivity index (χ1n) is 5.18. The second-order valence-electron chi connectivity index (χ2n) is 4.55. The van der Waals surface area contributed by atoms with E-state index in [2.05, 4.69) is 11.8 Å². The van der Waals surface area contributed by atoms with Crippen LogP contribution in [0.15, 0.2) is 0 Å². The quantitative estimate of drug-likeness (QED) is 0.694. The standard InChI is InChI=1S/C10H19NO2/c1-9-6-13-5-4-11(9)7-10(8-12)2-3-10/h9,12H,2-8H2,1H3/t9-/m1/s1. The van der Waals surface area contributed by atoms with E-state index in [1.54, 1.807) is 0 Å². The van der Waals surface area contributed by atoms with Gasteiger partial charge in [-0.25, -0.2) is 0 Å². The minimum atomic E-state index is 0.256. The Kier molecular flexibility index (Phi) is 2.58. The highest BCUT2D eigenvalue weighted by molar-refractivity contribution is 4.96. The van der Waals surface area contributed by atoms with Crippen molar-refractivity contribution >= 4 is 0 Å². The molecule has 2 rings (SSSR count). The van der Waals surface area contributed by atoms with Crippen molar-refractivity contribution in [2.45, 2.75) is 25.8 Å². The van der Waals surface area contributed by atoms with Crippen LogP contribution in [0.1, 0.15) is 19.8 Å². The number of ether oxygens (including phenoxy) is 1. The average Bonchev–Trinajstić information content (AvgIpc) is 2.90. The molecule has 1 heterocycles. The molecule has 0 unspecified atom stereocenters. The smallest absolute Gasteiger partial charge is 0.0619 e. The van der Waals surface area contributed by atoms with Crippen LogP contribution in [0.25, 0.3) is 0 Å². The maximum absolute atomic E-state index is 9.22. The monoisotopic (exact) mass is 185 g/mol. The van der Waals surface area contributed by atoms with E-state index in [-0.39, 0.29) is 5.41 Å². The van der Waals surface area contributed by atoms with Crippen molar-refractivity contribution < 1.29 is 9.84 Å². The summed E-state index contributed by atoms with van der Waals surface area (Å²) in [6.07, 6.45) is 2.40. The zero-order chi connectivity index (χ0) is 9.31. The Balaban J connectivity index is 1.85. The van der Waals surface area contributed by atoms with E-state index in [1.165, 1.54) is 12.8 Å². The van der Waals surface area contributed by atoms with Crippen LogP contribution in [0, 0.1) is 5.41 Å². The number of hydrogen-bond acceptors (Lipinski definition) is 3. The van der Waals surface area contributed by atoms with E-state index in [1.807, 2.05) is 0 Å². The van der Waals surface area contributed by atoms with Crippen molar-refractivity contribution in [2.75, 3.05) is 32.9 Å². The molecule has 1 atom stereocenters. The fourth-order valence-corrected chi connectivity index (χ4v) is 1.97. The molecule has 0 radical (unpaired) electrons. The van der Waals surface area contributed by atoms with E-state index < -0.39 is 0 Å². The molecular weight excluding hydrogens is 166 g/mol. The maximum atomic E-state index is 9.22. The van der Waals surface area contributed by atoms with Gasteiger partial charge in [0.15, 0.2) is 0 Å². The van der Waals surface area contributed by atoms with Crippen LogP contribution in [0.2, 0.25) is 0 Å². The van der Waals surface area contributed by atoms with E-state index in [0.717, 1.165) is 26.3 Å². The second-order valence-corrected chi connectivity index (χ2v) is 4.55. The summed E-state index contributed by atoms with van der Waals surface area (Å²) < 4.78 is 5.38. The Morgan fingerprint density at radius 2 is 2.31 bits per heavy atom. The molecule has 0 aromatic carbocycles. The SMILES string of the molecule is C[C@@H]1COCCN1CC1(CO)CC1.